The summed E-state index contributed by atoms with van der Waals surface area (Å²) in [5.41, 5.74) is 0.594. The van der Waals surface area contributed by atoms with Gasteiger partial charge < -0.3 is 15.0 Å². The molecule has 106 valence electrons. The molecule has 0 aromatic carbocycles. The zero-order chi connectivity index (χ0) is 14.3. The van der Waals surface area contributed by atoms with Gasteiger partial charge in [0.15, 0.2) is 0 Å². The summed E-state index contributed by atoms with van der Waals surface area (Å²) in [6.07, 6.45) is 1.86. The summed E-state index contributed by atoms with van der Waals surface area (Å²) in [6, 6.07) is 3.56. The Bertz CT molecular complexity index is 407. The van der Waals surface area contributed by atoms with Gasteiger partial charge in [-0.1, -0.05) is 0 Å². The van der Waals surface area contributed by atoms with Crippen molar-refractivity contribution in [3.8, 4) is 0 Å². The fourth-order valence-electron chi connectivity index (χ4n) is 1.62. The Morgan fingerprint density at radius 3 is 2.89 bits per heavy atom. The number of ether oxygens (including phenoxy) is 1. The van der Waals surface area contributed by atoms with Crippen molar-refractivity contribution in [2.45, 2.75) is 26.9 Å². The molecule has 0 aliphatic carbocycles. The highest BCUT2D eigenvalue weighted by atomic mass is 16.5. The Morgan fingerprint density at radius 2 is 2.26 bits per heavy atom. The van der Waals surface area contributed by atoms with Gasteiger partial charge in [0.1, 0.15) is 5.82 Å². The molecule has 1 rings (SSSR count). The van der Waals surface area contributed by atoms with Gasteiger partial charge in [-0.15, -0.1) is 0 Å². The number of carbonyl (C=O) groups is 1. The molecule has 0 fully saturated rings. The lowest BCUT2D eigenvalue weighted by molar-refractivity contribution is 0.0532. The van der Waals surface area contributed by atoms with Crippen LogP contribution in [0.4, 0.5) is 5.82 Å². The summed E-state index contributed by atoms with van der Waals surface area (Å²) in [4.78, 5) is 18.1. The van der Waals surface area contributed by atoms with Crippen molar-refractivity contribution in [1.29, 1.82) is 0 Å². The number of rotatable bonds is 7. The molecule has 1 aromatic rings. The third-order valence-electron chi connectivity index (χ3n) is 2.61. The first-order chi connectivity index (χ1) is 9.06. The SMILES string of the molecule is CCNc1ncccc1C(=O)N(C)CCOC(C)C. The number of carbonyl (C=O) groups excluding carboxylic acids is 1. The van der Waals surface area contributed by atoms with Crippen LogP contribution in [0.5, 0.6) is 0 Å². The Morgan fingerprint density at radius 1 is 1.53 bits per heavy atom. The molecule has 1 amide bonds. The van der Waals surface area contributed by atoms with E-state index in [0.29, 0.717) is 24.5 Å². The zero-order valence-electron chi connectivity index (χ0n) is 12.1. The van der Waals surface area contributed by atoms with Gasteiger partial charge in [0, 0.05) is 26.3 Å². The molecule has 0 unspecified atom stereocenters. The first-order valence-electron chi connectivity index (χ1n) is 6.62. The number of amides is 1. The van der Waals surface area contributed by atoms with Gasteiger partial charge in [0.2, 0.25) is 0 Å². The number of pyridine rings is 1. The first-order valence-corrected chi connectivity index (χ1v) is 6.62. The van der Waals surface area contributed by atoms with Gasteiger partial charge in [-0.2, -0.15) is 0 Å². The van der Waals surface area contributed by atoms with E-state index >= 15 is 0 Å². The fraction of sp³-hybridized carbons (Fsp3) is 0.571. The quantitative estimate of drug-likeness (QED) is 0.819. The maximum absolute atomic E-state index is 12.3. The van der Waals surface area contributed by atoms with Crippen LogP contribution in [0.2, 0.25) is 0 Å². The zero-order valence-corrected chi connectivity index (χ0v) is 12.1. The van der Waals surface area contributed by atoms with E-state index in [1.54, 1.807) is 30.3 Å². The lowest BCUT2D eigenvalue weighted by atomic mass is 10.2. The van der Waals surface area contributed by atoms with Crippen LogP contribution in [0.25, 0.3) is 0 Å². The molecule has 0 aliphatic heterocycles. The molecule has 0 atom stereocenters. The van der Waals surface area contributed by atoms with Crippen molar-refractivity contribution in [3.05, 3.63) is 23.9 Å². The lowest BCUT2D eigenvalue weighted by Crippen LogP contribution is -2.31. The summed E-state index contributed by atoms with van der Waals surface area (Å²) < 4.78 is 5.45. The minimum atomic E-state index is -0.0450. The van der Waals surface area contributed by atoms with Crippen molar-refractivity contribution < 1.29 is 9.53 Å². The van der Waals surface area contributed by atoms with Gasteiger partial charge in [-0.05, 0) is 32.9 Å². The van der Waals surface area contributed by atoms with Gasteiger partial charge >= 0.3 is 0 Å². The average Bonchev–Trinajstić information content (AvgIpc) is 2.38. The Balaban J connectivity index is 2.65. The largest absolute Gasteiger partial charge is 0.377 e. The van der Waals surface area contributed by atoms with Crippen molar-refractivity contribution in [2.75, 3.05) is 32.1 Å². The van der Waals surface area contributed by atoms with Crippen molar-refractivity contribution in [1.82, 2.24) is 9.88 Å². The smallest absolute Gasteiger partial charge is 0.257 e. The van der Waals surface area contributed by atoms with Crippen LogP contribution >= 0.6 is 0 Å². The maximum atomic E-state index is 12.3. The third kappa shape index (κ3) is 4.87. The third-order valence-corrected chi connectivity index (χ3v) is 2.61. The predicted octanol–water partition coefficient (Wildman–Crippen LogP) is 2.01. The number of aromatic nitrogens is 1. The first kappa shape index (κ1) is 15.4. The Labute approximate surface area is 115 Å². The van der Waals surface area contributed by atoms with Gasteiger partial charge in [0.05, 0.1) is 18.3 Å². The van der Waals surface area contributed by atoms with Gasteiger partial charge in [-0.25, -0.2) is 4.98 Å². The molecule has 5 nitrogen and oxygen atoms in total. The minimum Gasteiger partial charge on any atom is -0.377 e. The van der Waals surface area contributed by atoms with Crippen molar-refractivity contribution in [3.63, 3.8) is 0 Å². The summed E-state index contributed by atoms with van der Waals surface area (Å²) in [5.74, 6) is 0.586. The molecule has 5 heteroatoms. The highest BCUT2D eigenvalue weighted by Gasteiger charge is 2.16. The van der Waals surface area contributed by atoms with E-state index in [1.807, 2.05) is 20.8 Å². The summed E-state index contributed by atoms with van der Waals surface area (Å²) in [7, 11) is 1.77. The summed E-state index contributed by atoms with van der Waals surface area (Å²) in [6.45, 7) is 7.77. The number of nitrogens with one attached hydrogen (secondary N) is 1. The molecule has 1 N–H and O–H groups in total. The maximum Gasteiger partial charge on any atom is 0.257 e. The molecule has 1 aromatic heterocycles. The normalized spacial score (nSPS) is 10.6. The van der Waals surface area contributed by atoms with E-state index < -0.39 is 0 Å². The van der Waals surface area contributed by atoms with Gasteiger partial charge in [0.25, 0.3) is 5.91 Å². The molecule has 0 spiro atoms. The van der Waals surface area contributed by atoms with E-state index in [4.69, 9.17) is 4.74 Å². The number of likely N-dealkylation sites (N-methyl/N-ethyl adjacent to an activating group) is 1. The molecule has 0 radical (unpaired) electrons. The van der Waals surface area contributed by atoms with E-state index in [0.717, 1.165) is 6.54 Å². The fourth-order valence-corrected chi connectivity index (χ4v) is 1.62. The van der Waals surface area contributed by atoms with Gasteiger partial charge in [-0.3, -0.25) is 4.79 Å². The molecule has 0 saturated carbocycles. The molecule has 0 bridgehead atoms. The highest BCUT2D eigenvalue weighted by Crippen LogP contribution is 2.13. The second-order valence-corrected chi connectivity index (χ2v) is 4.58. The predicted molar refractivity (Wildman–Crippen MR) is 76.4 cm³/mol. The second kappa shape index (κ2) is 7.74. The van der Waals surface area contributed by atoms with E-state index in [1.165, 1.54) is 0 Å². The van der Waals surface area contributed by atoms with E-state index in [9.17, 15) is 4.79 Å². The topological polar surface area (TPSA) is 54.5 Å². The monoisotopic (exact) mass is 265 g/mol. The highest BCUT2D eigenvalue weighted by molar-refractivity contribution is 5.98. The van der Waals surface area contributed by atoms with Crippen LogP contribution in [0, 0.1) is 0 Å². The molecule has 1 heterocycles. The molecule has 0 saturated heterocycles. The number of anilines is 1. The average molecular weight is 265 g/mol. The van der Waals surface area contributed by atoms with E-state index in [-0.39, 0.29) is 12.0 Å². The van der Waals surface area contributed by atoms with E-state index in [2.05, 4.69) is 10.3 Å². The van der Waals surface area contributed by atoms with Crippen LogP contribution < -0.4 is 5.32 Å². The molecular weight excluding hydrogens is 242 g/mol. The molecule has 0 aliphatic rings. The van der Waals surface area contributed by atoms with Crippen LogP contribution in [0.1, 0.15) is 31.1 Å². The van der Waals surface area contributed by atoms with Crippen LogP contribution in [0.15, 0.2) is 18.3 Å². The number of hydrogen-bond donors (Lipinski definition) is 1. The molecule has 19 heavy (non-hydrogen) atoms. The van der Waals surface area contributed by atoms with Crippen molar-refractivity contribution in [2.24, 2.45) is 0 Å². The Kier molecular flexibility index (Phi) is 6.29. The minimum absolute atomic E-state index is 0.0450. The molecular formula is C14H23N3O2. The standard InChI is InChI=1S/C14H23N3O2/c1-5-15-13-12(7-6-8-16-13)14(18)17(4)9-10-19-11(2)3/h6-8,11H,5,9-10H2,1-4H3,(H,15,16). The Hall–Kier alpha value is -1.62. The summed E-state index contributed by atoms with van der Waals surface area (Å²) in [5, 5.41) is 3.10. The van der Waals surface area contributed by atoms with Crippen LogP contribution in [0.3, 0.4) is 0 Å². The summed E-state index contributed by atoms with van der Waals surface area (Å²) >= 11 is 0. The van der Waals surface area contributed by atoms with Crippen LogP contribution in [-0.4, -0.2) is 48.6 Å². The van der Waals surface area contributed by atoms with Crippen LogP contribution in [-0.2, 0) is 4.74 Å². The second-order valence-electron chi connectivity index (χ2n) is 4.58. The number of hydrogen-bond acceptors (Lipinski definition) is 4. The van der Waals surface area contributed by atoms with Crippen molar-refractivity contribution >= 4 is 11.7 Å². The number of nitrogens with zero attached hydrogens (tertiary/aromatic N) is 2. The lowest BCUT2D eigenvalue weighted by Gasteiger charge is -2.19.